The minimum atomic E-state index is -0.440. The van der Waals surface area contributed by atoms with E-state index in [1.54, 1.807) is 12.1 Å². The molecule has 0 heterocycles. The van der Waals surface area contributed by atoms with Gasteiger partial charge in [0, 0.05) is 10.0 Å². The second kappa shape index (κ2) is 4.66. The van der Waals surface area contributed by atoms with Crippen molar-refractivity contribution in [1.29, 1.82) is 0 Å². The molecule has 0 aliphatic carbocycles. The van der Waals surface area contributed by atoms with Gasteiger partial charge in [0.1, 0.15) is 5.75 Å². The van der Waals surface area contributed by atoms with Crippen molar-refractivity contribution in [3.8, 4) is 5.75 Å². The number of amides is 1. The van der Waals surface area contributed by atoms with Crippen LogP contribution in [0.4, 0.5) is 4.79 Å². The van der Waals surface area contributed by atoms with Crippen LogP contribution in [0.5, 0.6) is 5.75 Å². The Labute approximate surface area is 97.9 Å². The minimum absolute atomic E-state index is 0.285. The van der Waals surface area contributed by atoms with Crippen LogP contribution < -0.4 is 10.1 Å². The highest BCUT2D eigenvalue weighted by Gasteiger charge is 2.14. The first-order chi connectivity index (χ1) is 6.87. The summed E-state index contributed by atoms with van der Waals surface area (Å²) in [6.07, 6.45) is -0.440. The highest BCUT2D eigenvalue weighted by atomic mass is 79.9. The summed E-state index contributed by atoms with van der Waals surface area (Å²) in [7, 11) is 0. The summed E-state index contributed by atoms with van der Waals surface area (Å²) >= 11 is 3.30. The average molecular weight is 272 g/mol. The molecule has 0 radical (unpaired) electrons. The zero-order chi connectivity index (χ0) is 11.5. The van der Waals surface area contributed by atoms with Gasteiger partial charge < -0.3 is 10.1 Å². The van der Waals surface area contributed by atoms with Crippen LogP contribution in [0.3, 0.4) is 0 Å². The molecule has 3 nitrogen and oxygen atoms in total. The van der Waals surface area contributed by atoms with Crippen LogP contribution in [-0.2, 0) is 0 Å². The first-order valence-corrected chi connectivity index (χ1v) is 5.42. The van der Waals surface area contributed by atoms with Crippen molar-refractivity contribution in [2.24, 2.45) is 0 Å². The first kappa shape index (κ1) is 12.0. The summed E-state index contributed by atoms with van der Waals surface area (Å²) in [6, 6.07) is 7.10. The van der Waals surface area contributed by atoms with Crippen LogP contribution in [0.1, 0.15) is 20.8 Å². The number of benzene rings is 1. The van der Waals surface area contributed by atoms with Crippen molar-refractivity contribution < 1.29 is 9.53 Å². The lowest BCUT2D eigenvalue weighted by molar-refractivity contribution is 0.190. The fraction of sp³-hybridized carbons (Fsp3) is 0.364. The van der Waals surface area contributed by atoms with E-state index in [1.165, 1.54) is 0 Å². The number of rotatable bonds is 1. The number of halogens is 1. The van der Waals surface area contributed by atoms with Crippen molar-refractivity contribution >= 4 is 22.0 Å². The van der Waals surface area contributed by atoms with Gasteiger partial charge in [-0.15, -0.1) is 0 Å². The molecule has 0 spiro atoms. The van der Waals surface area contributed by atoms with Crippen LogP contribution in [-0.4, -0.2) is 11.6 Å². The summed E-state index contributed by atoms with van der Waals surface area (Å²) in [6.45, 7) is 5.70. The molecule has 1 aromatic rings. The Balaban J connectivity index is 2.55. The van der Waals surface area contributed by atoms with Gasteiger partial charge in [0.15, 0.2) is 0 Å². The summed E-state index contributed by atoms with van der Waals surface area (Å²) in [4.78, 5) is 11.4. The molecule has 0 atom stereocenters. The molecule has 4 heteroatoms. The SMILES string of the molecule is CC(C)(C)NC(=O)Oc1ccc(Br)cc1. The van der Waals surface area contributed by atoms with E-state index in [0.29, 0.717) is 5.75 Å². The highest BCUT2D eigenvalue weighted by Crippen LogP contribution is 2.16. The predicted octanol–water partition coefficient (Wildman–Crippen LogP) is 3.34. The molecule has 0 unspecified atom stereocenters. The Bertz CT molecular complexity index is 341. The number of carbonyl (C=O) groups is 1. The van der Waals surface area contributed by atoms with Crippen molar-refractivity contribution in [3.05, 3.63) is 28.7 Å². The standard InChI is InChI=1S/C11H14BrNO2/c1-11(2,3)13-10(14)15-9-6-4-8(12)5-7-9/h4-7H,1-3H3,(H,13,14). The largest absolute Gasteiger partial charge is 0.413 e. The van der Waals surface area contributed by atoms with E-state index in [0.717, 1.165) is 4.47 Å². The lowest BCUT2D eigenvalue weighted by Gasteiger charge is -2.19. The van der Waals surface area contributed by atoms with E-state index in [4.69, 9.17) is 4.74 Å². The van der Waals surface area contributed by atoms with Crippen LogP contribution in [0, 0.1) is 0 Å². The maximum Gasteiger partial charge on any atom is 0.413 e. The number of hydrogen-bond acceptors (Lipinski definition) is 2. The Hall–Kier alpha value is -1.03. The lowest BCUT2D eigenvalue weighted by Crippen LogP contribution is -2.42. The van der Waals surface area contributed by atoms with Crippen molar-refractivity contribution in [3.63, 3.8) is 0 Å². The van der Waals surface area contributed by atoms with E-state index in [1.807, 2.05) is 32.9 Å². The molecule has 0 fully saturated rings. The van der Waals surface area contributed by atoms with Gasteiger partial charge in [0.05, 0.1) is 0 Å². The van der Waals surface area contributed by atoms with Crippen molar-refractivity contribution in [2.45, 2.75) is 26.3 Å². The Morgan fingerprint density at radius 2 is 1.80 bits per heavy atom. The van der Waals surface area contributed by atoms with E-state index in [2.05, 4.69) is 21.2 Å². The van der Waals surface area contributed by atoms with E-state index >= 15 is 0 Å². The quantitative estimate of drug-likeness (QED) is 0.851. The molecule has 82 valence electrons. The van der Waals surface area contributed by atoms with Gasteiger partial charge in [-0.25, -0.2) is 4.79 Å². The number of nitrogens with one attached hydrogen (secondary N) is 1. The van der Waals surface area contributed by atoms with Gasteiger partial charge in [0.25, 0.3) is 0 Å². The molecule has 0 aromatic heterocycles. The molecule has 1 N–H and O–H groups in total. The van der Waals surface area contributed by atoms with Gasteiger partial charge in [-0.05, 0) is 45.0 Å². The zero-order valence-electron chi connectivity index (χ0n) is 9.00. The molecule has 1 aromatic carbocycles. The molecular formula is C11H14BrNO2. The van der Waals surface area contributed by atoms with Gasteiger partial charge in [-0.2, -0.15) is 0 Å². The maximum atomic E-state index is 11.4. The third kappa shape index (κ3) is 4.83. The highest BCUT2D eigenvalue weighted by molar-refractivity contribution is 9.10. The predicted molar refractivity (Wildman–Crippen MR) is 63.1 cm³/mol. The molecule has 0 aliphatic rings. The molecule has 15 heavy (non-hydrogen) atoms. The van der Waals surface area contributed by atoms with Gasteiger partial charge >= 0.3 is 6.09 Å². The summed E-state index contributed by atoms with van der Waals surface area (Å²) in [5, 5.41) is 2.71. The Morgan fingerprint density at radius 1 is 1.27 bits per heavy atom. The molecule has 0 bridgehead atoms. The third-order valence-electron chi connectivity index (χ3n) is 1.50. The van der Waals surface area contributed by atoms with Crippen LogP contribution in [0.25, 0.3) is 0 Å². The summed E-state index contributed by atoms with van der Waals surface area (Å²) in [5.41, 5.74) is -0.285. The summed E-state index contributed by atoms with van der Waals surface area (Å²) < 4.78 is 6.02. The van der Waals surface area contributed by atoms with Crippen molar-refractivity contribution in [1.82, 2.24) is 5.32 Å². The molecule has 0 saturated carbocycles. The normalized spacial score (nSPS) is 10.9. The second-order valence-electron chi connectivity index (χ2n) is 4.22. The Kier molecular flexibility index (Phi) is 3.74. The fourth-order valence-corrected chi connectivity index (χ4v) is 1.21. The van der Waals surface area contributed by atoms with Gasteiger partial charge in [-0.3, -0.25) is 0 Å². The Morgan fingerprint density at radius 3 is 2.27 bits per heavy atom. The maximum absolute atomic E-state index is 11.4. The van der Waals surface area contributed by atoms with E-state index in [9.17, 15) is 4.79 Å². The molecule has 0 aliphatic heterocycles. The van der Waals surface area contributed by atoms with E-state index in [-0.39, 0.29) is 5.54 Å². The summed E-state index contributed by atoms with van der Waals surface area (Å²) in [5.74, 6) is 0.528. The molecule has 1 amide bonds. The number of ether oxygens (including phenoxy) is 1. The van der Waals surface area contributed by atoms with Gasteiger partial charge in [0.2, 0.25) is 0 Å². The number of carbonyl (C=O) groups excluding carboxylic acids is 1. The molecular weight excluding hydrogens is 258 g/mol. The second-order valence-corrected chi connectivity index (χ2v) is 5.13. The smallest absolute Gasteiger partial charge is 0.410 e. The molecule has 1 rings (SSSR count). The number of hydrogen-bond donors (Lipinski definition) is 1. The van der Waals surface area contributed by atoms with Crippen LogP contribution >= 0.6 is 15.9 Å². The zero-order valence-corrected chi connectivity index (χ0v) is 10.6. The lowest BCUT2D eigenvalue weighted by atomic mass is 10.1. The monoisotopic (exact) mass is 271 g/mol. The fourth-order valence-electron chi connectivity index (χ4n) is 0.941. The van der Waals surface area contributed by atoms with Gasteiger partial charge in [-0.1, -0.05) is 15.9 Å². The average Bonchev–Trinajstić information content (AvgIpc) is 2.05. The van der Waals surface area contributed by atoms with Crippen LogP contribution in [0.15, 0.2) is 28.7 Å². The van der Waals surface area contributed by atoms with Crippen molar-refractivity contribution in [2.75, 3.05) is 0 Å². The van der Waals surface area contributed by atoms with Crippen LogP contribution in [0.2, 0.25) is 0 Å². The molecule has 0 saturated heterocycles. The first-order valence-electron chi connectivity index (χ1n) is 4.62. The third-order valence-corrected chi connectivity index (χ3v) is 2.03. The minimum Gasteiger partial charge on any atom is -0.410 e. The topological polar surface area (TPSA) is 38.3 Å². The van der Waals surface area contributed by atoms with E-state index < -0.39 is 6.09 Å².